The number of aliphatic hydroxyl groups excluding tert-OH is 3. The maximum absolute atomic E-state index is 13.9. The van der Waals surface area contributed by atoms with Crippen molar-refractivity contribution in [3.8, 4) is 33.8 Å². The van der Waals surface area contributed by atoms with Gasteiger partial charge in [0.1, 0.15) is 64.0 Å². The third-order valence-corrected chi connectivity index (χ3v) is 19.7. The first-order valence-electron chi connectivity index (χ1n) is 36.7. The van der Waals surface area contributed by atoms with Crippen LogP contribution in [0.1, 0.15) is 135 Å². The molecule has 0 aliphatic carbocycles. The summed E-state index contributed by atoms with van der Waals surface area (Å²) in [7, 11) is 0. The molecule has 2 unspecified atom stereocenters. The lowest BCUT2D eigenvalue weighted by atomic mass is 9.88. The number of aromatic nitrogens is 9. The zero-order valence-corrected chi connectivity index (χ0v) is 63.6. The molecule has 24 nitrogen and oxygen atoms in total. The summed E-state index contributed by atoms with van der Waals surface area (Å²) in [6.45, 7) is 20.7. The van der Waals surface area contributed by atoms with Crippen LogP contribution in [0.2, 0.25) is 0 Å². The zero-order chi connectivity index (χ0) is 82.0. The molecule has 6 aromatic heterocycles. The molecule has 3 fully saturated rings. The van der Waals surface area contributed by atoms with E-state index in [4.69, 9.17) is 0 Å². The van der Waals surface area contributed by atoms with Crippen molar-refractivity contribution in [2.75, 3.05) is 58.9 Å². The molecule has 13 rings (SSSR count). The summed E-state index contributed by atoms with van der Waals surface area (Å²) in [5.74, 6) is -4.14. The summed E-state index contributed by atoms with van der Waals surface area (Å²) in [4.78, 5) is 99.8. The molecule has 6 amide bonds. The van der Waals surface area contributed by atoms with Gasteiger partial charge >= 0.3 is 12.4 Å². The number of nitrogens with zero attached hydrogens (tertiary/aromatic N) is 15. The van der Waals surface area contributed by atoms with E-state index in [-0.39, 0.29) is 126 Å². The van der Waals surface area contributed by atoms with E-state index < -0.39 is 100 Å². The Hall–Kier alpha value is -11.2. The van der Waals surface area contributed by atoms with E-state index >= 15 is 0 Å². The number of benzene rings is 4. The average Bonchev–Trinajstić information content (AvgIpc) is 1.61. The molecule has 3 aliphatic heterocycles. The van der Waals surface area contributed by atoms with Gasteiger partial charge in [-0.05, 0) is 141 Å². The first kappa shape index (κ1) is 82.8. The van der Waals surface area contributed by atoms with Gasteiger partial charge in [-0.2, -0.15) is 41.6 Å². The van der Waals surface area contributed by atoms with Gasteiger partial charge in [0.15, 0.2) is 16.9 Å². The molecule has 3 saturated heterocycles. The zero-order valence-electron chi connectivity index (χ0n) is 63.6. The molecule has 3 N–H and O–H groups in total. The predicted octanol–water partition coefficient (Wildman–Crippen LogP) is 11.2. The van der Waals surface area contributed by atoms with Crippen LogP contribution >= 0.6 is 0 Å². The monoisotopic (exact) mass is 1570 g/mol. The minimum absolute atomic E-state index is 0.0596. The smallest absolute Gasteiger partial charge is 0.383 e. The number of fused-ring (bicyclic) bond motifs is 3. The maximum Gasteiger partial charge on any atom is 0.420 e. The van der Waals surface area contributed by atoms with Gasteiger partial charge in [-0.3, -0.25) is 28.8 Å². The van der Waals surface area contributed by atoms with Crippen LogP contribution in [-0.4, -0.2) is 219 Å². The van der Waals surface area contributed by atoms with Gasteiger partial charge in [-0.1, -0.05) is 78.8 Å². The normalized spacial score (nSPS) is 17.3. The van der Waals surface area contributed by atoms with Crippen molar-refractivity contribution in [3.63, 3.8) is 0 Å². The molecule has 9 heterocycles. The lowest BCUT2D eigenvalue weighted by Crippen LogP contribution is -2.58. The molecule has 0 saturated carbocycles. The Labute approximate surface area is 644 Å². The minimum atomic E-state index is -4.79. The second kappa shape index (κ2) is 33.6. The number of piperazine rings is 3. The third-order valence-electron chi connectivity index (χ3n) is 19.7. The summed E-state index contributed by atoms with van der Waals surface area (Å²) < 4.78 is 127. The fourth-order valence-corrected chi connectivity index (χ4v) is 13.7. The number of hydrogen-bond donors (Lipinski definition) is 3. The van der Waals surface area contributed by atoms with Gasteiger partial charge in [-0.15, -0.1) is 0 Å². The van der Waals surface area contributed by atoms with Gasteiger partial charge < -0.3 is 44.7 Å². The minimum Gasteiger partial charge on any atom is -0.383 e. The summed E-state index contributed by atoms with van der Waals surface area (Å²) in [5.41, 5.74) is 0.632. The van der Waals surface area contributed by atoms with Crippen molar-refractivity contribution < 1.29 is 83.6 Å². The number of imidazole rings is 3. The Morgan fingerprint density at radius 2 is 0.788 bits per heavy atom. The Balaban J connectivity index is 0.000000168. The van der Waals surface area contributed by atoms with Crippen LogP contribution in [0.5, 0.6) is 0 Å². The van der Waals surface area contributed by atoms with Crippen molar-refractivity contribution in [1.29, 1.82) is 0 Å². The molecule has 3 aliphatic rings. The number of alkyl halides is 6. The van der Waals surface area contributed by atoms with Crippen LogP contribution in [0.4, 0.5) is 39.5 Å². The van der Waals surface area contributed by atoms with Crippen LogP contribution < -0.4 is 0 Å². The largest absolute Gasteiger partial charge is 0.420 e. The topological polar surface area (TPSA) is 273 Å². The van der Waals surface area contributed by atoms with Gasteiger partial charge in [0.2, 0.25) is 0 Å². The fourth-order valence-electron chi connectivity index (χ4n) is 13.7. The van der Waals surface area contributed by atoms with Gasteiger partial charge in [0.05, 0.1) is 35.7 Å². The Bertz CT molecular complexity index is 5130. The van der Waals surface area contributed by atoms with Crippen LogP contribution in [0, 0.1) is 28.8 Å². The number of rotatable bonds is 14. The molecule has 0 spiro atoms. The molecule has 4 aromatic carbocycles. The second-order valence-corrected chi connectivity index (χ2v) is 30.3. The van der Waals surface area contributed by atoms with Crippen molar-refractivity contribution in [2.24, 2.45) is 11.3 Å². The van der Waals surface area contributed by atoms with Crippen LogP contribution in [0.15, 0.2) is 140 Å². The van der Waals surface area contributed by atoms with Crippen molar-refractivity contribution in [1.82, 2.24) is 73.2 Å². The number of hydrogen-bond acceptors (Lipinski definition) is 15. The van der Waals surface area contributed by atoms with Gasteiger partial charge in [0.25, 0.3) is 35.4 Å². The highest BCUT2D eigenvalue weighted by atomic mass is 19.4. The third kappa shape index (κ3) is 19.1. The first-order chi connectivity index (χ1) is 53.2. The average molecular weight is 1570 g/mol. The van der Waals surface area contributed by atoms with Crippen LogP contribution in [0.25, 0.3) is 50.7 Å². The molecule has 598 valence electrons. The SMILES string of the molecule is CC(C)C(O)C(=O)N1CCN(C(=O)c2cn3nc(-c4ccc(F)cc4)cc(C(F)(F)F)c3n2)C[C@@H]1C.CC(C)c1cc(-c2ccc(F)cc2)nn2cc(C(=O)N3CCN(C(=O)[C@H](O)CC(C)(C)C)[C@@H](C)C3)nc12.C[C@H]1CN(C(=O)c2cn3nc(-c4ccc(F)cc4)cc(C(F)(F)F)c3n2)CCN1C(=O)C(O)Cc1ccccc1. The predicted molar refractivity (Wildman–Crippen MR) is 398 cm³/mol. The molecule has 10 aromatic rings. The fraction of sp³-hybridized carbons (Fsp3) is 0.400. The highest BCUT2D eigenvalue weighted by Crippen LogP contribution is 2.37. The Kier molecular flexibility index (Phi) is 24.6. The van der Waals surface area contributed by atoms with Gasteiger partial charge in [0, 0.05) is 106 Å². The first-order valence-corrected chi connectivity index (χ1v) is 36.7. The van der Waals surface area contributed by atoms with E-state index in [1.54, 1.807) is 60.3 Å². The van der Waals surface area contributed by atoms with E-state index in [1.165, 1.54) is 56.0 Å². The Morgan fingerprint density at radius 3 is 1.12 bits per heavy atom. The van der Waals surface area contributed by atoms with Gasteiger partial charge in [-0.25, -0.2) is 41.7 Å². The standard InChI is InChI=1S/C28H25F4N5O3.C28H36FN5O3.C24H25F4N5O3/c1-17-15-35(11-12-36(17)27(40)24(38)13-18-5-3-2-4-6-18)26(39)23-16-37-25(33-23)21(28(30,31)32)14-22(34-37)19-7-9-20(29)10-8-19;1-17(2)21-13-22(19-7-9-20(29)10-8-19)31-34-16-23(30-25(21)34)26(36)32-11-12-33(18(3)15-32)27(37)24(35)14-28(4,5)6;1-13(2)20(34)23(36)32-9-8-31(11-14(32)3)22(35)19-12-33-21(29-19)17(24(26,27)28)10-18(30-33)15-4-6-16(25)7-5-15/h2-10,14,16-17,24,38H,11-13,15H2,1H3;7-10,13,16-18,24,35H,11-12,14-15H2,1-6H3;4-7,10,12-14,20,34H,8-9,11H2,1-3H3/t17-,24?;18-,24+;14-,20?/m000/s1. The molecular formula is C80H86F9N15O9. The summed E-state index contributed by atoms with van der Waals surface area (Å²) in [6.07, 6.45) is -8.59. The molecular weight excluding hydrogens is 1490 g/mol. The lowest BCUT2D eigenvalue weighted by Gasteiger charge is -2.40. The number of amides is 6. The highest BCUT2D eigenvalue weighted by molar-refractivity contribution is 5.95. The van der Waals surface area contributed by atoms with E-state index in [0.717, 1.165) is 74.5 Å². The molecule has 0 bridgehead atoms. The number of carbonyl (C=O) groups excluding carboxylic acids is 6. The quantitative estimate of drug-likeness (QED) is 0.0854. The van der Waals surface area contributed by atoms with Crippen LogP contribution in [-0.2, 0) is 33.2 Å². The maximum atomic E-state index is 13.9. The summed E-state index contributed by atoms with van der Waals surface area (Å²) >= 11 is 0. The van der Waals surface area contributed by atoms with E-state index in [0.29, 0.717) is 37.4 Å². The number of halogens is 9. The van der Waals surface area contributed by atoms with E-state index in [1.807, 2.05) is 77.9 Å². The van der Waals surface area contributed by atoms with E-state index in [9.17, 15) is 83.6 Å². The lowest BCUT2D eigenvalue weighted by molar-refractivity contribution is -0.146. The number of aliphatic hydroxyl groups is 3. The molecule has 33 heteroatoms. The molecule has 0 radical (unpaired) electrons. The van der Waals surface area contributed by atoms with Crippen molar-refractivity contribution >= 4 is 52.4 Å². The number of carbonyl (C=O) groups is 6. The molecule has 6 atom stereocenters. The summed E-state index contributed by atoms with van der Waals surface area (Å²) in [6, 6.07) is 27.4. The Morgan fingerprint density at radius 1 is 0.451 bits per heavy atom. The highest BCUT2D eigenvalue weighted by Gasteiger charge is 2.41. The molecule has 113 heavy (non-hydrogen) atoms. The van der Waals surface area contributed by atoms with Crippen molar-refractivity contribution in [3.05, 3.63) is 197 Å². The van der Waals surface area contributed by atoms with Crippen molar-refractivity contribution in [2.45, 2.75) is 137 Å². The van der Waals surface area contributed by atoms with E-state index in [2.05, 4.69) is 30.2 Å². The summed E-state index contributed by atoms with van der Waals surface area (Å²) in [5, 5.41) is 44.0. The second-order valence-electron chi connectivity index (χ2n) is 30.3. The van der Waals surface area contributed by atoms with Crippen LogP contribution in [0.3, 0.4) is 0 Å².